The Morgan fingerprint density at radius 3 is 2.41 bits per heavy atom. The van der Waals surface area contributed by atoms with Crippen LogP contribution in [0, 0.1) is 0 Å². The lowest BCUT2D eigenvalue weighted by Gasteiger charge is -2.18. The maximum absolute atomic E-state index is 12.8. The van der Waals surface area contributed by atoms with E-state index in [4.69, 9.17) is 4.74 Å². The summed E-state index contributed by atoms with van der Waals surface area (Å²) in [5, 5.41) is 1.26. The first-order valence-electron chi connectivity index (χ1n) is 8.77. The lowest BCUT2D eigenvalue weighted by Crippen LogP contribution is -2.35. The fraction of sp³-hybridized carbons (Fsp3) is 0.238. The molecule has 0 aromatic heterocycles. The van der Waals surface area contributed by atoms with Crippen LogP contribution >= 0.6 is 0 Å². The van der Waals surface area contributed by atoms with Crippen molar-refractivity contribution < 1.29 is 14.3 Å². The topological polar surface area (TPSA) is 61.9 Å². The van der Waals surface area contributed by atoms with Gasteiger partial charge in [-0.2, -0.15) is 0 Å². The Balaban J connectivity index is 1.98. The Morgan fingerprint density at radius 1 is 1.07 bits per heavy atom. The molecule has 0 spiro atoms. The number of ether oxygens (including phenoxy) is 1. The van der Waals surface area contributed by atoms with Crippen molar-refractivity contribution in [3.05, 3.63) is 59.7 Å². The van der Waals surface area contributed by atoms with Crippen LogP contribution < -0.4 is 20.1 Å². The van der Waals surface area contributed by atoms with E-state index in [9.17, 15) is 9.59 Å². The molecule has 0 bridgehead atoms. The first-order valence-corrected chi connectivity index (χ1v) is 8.77. The number of amides is 2. The molecule has 27 heavy (non-hydrogen) atoms. The van der Waals surface area contributed by atoms with Gasteiger partial charge in [0, 0.05) is 31.4 Å². The minimum Gasteiger partial charge on any atom is -0.490 e. The smallest absolute Gasteiger partial charge is 0.282 e. The molecule has 2 aromatic carbocycles. The number of carbonyl (C=O) groups is 2. The minimum atomic E-state index is -0.434. The molecule has 1 heterocycles. The second kappa shape index (κ2) is 7.53. The third-order valence-electron chi connectivity index (χ3n) is 4.08. The molecule has 0 unspecified atom stereocenters. The summed E-state index contributed by atoms with van der Waals surface area (Å²) in [4.78, 5) is 27.1. The van der Waals surface area contributed by atoms with Gasteiger partial charge in [0.1, 0.15) is 11.3 Å². The van der Waals surface area contributed by atoms with Crippen LogP contribution in [0.25, 0.3) is 6.08 Å². The molecule has 0 aliphatic carbocycles. The number of hydrogen-bond donors (Lipinski definition) is 1. The molecule has 1 fully saturated rings. The van der Waals surface area contributed by atoms with Crippen molar-refractivity contribution in [3.63, 3.8) is 0 Å². The van der Waals surface area contributed by atoms with E-state index in [0.29, 0.717) is 17.0 Å². The molecule has 3 rings (SSSR count). The average molecular weight is 365 g/mol. The molecule has 0 saturated carbocycles. The molecular formula is C21H23N3O3. The number of hydrazine groups is 1. The van der Waals surface area contributed by atoms with E-state index in [2.05, 4.69) is 5.43 Å². The number of nitrogens with one attached hydrogen (secondary N) is 1. The Bertz CT molecular complexity index is 889. The maximum atomic E-state index is 12.8. The number of para-hydroxylation sites is 1. The fourth-order valence-electron chi connectivity index (χ4n) is 2.75. The van der Waals surface area contributed by atoms with Crippen molar-refractivity contribution in [3.8, 4) is 5.75 Å². The van der Waals surface area contributed by atoms with Gasteiger partial charge in [0.25, 0.3) is 11.8 Å². The van der Waals surface area contributed by atoms with Crippen LogP contribution in [0.5, 0.6) is 5.75 Å². The van der Waals surface area contributed by atoms with Crippen LogP contribution in [0.4, 0.5) is 11.4 Å². The molecule has 1 aliphatic heterocycles. The highest BCUT2D eigenvalue weighted by Gasteiger charge is 2.34. The second-order valence-electron chi connectivity index (χ2n) is 6.76. The molecule has 6 nitrogen and oxygen atoms in total. The summed E-state index contributed by atoms with van der Waals surface area (Å²) in [6, 6.07) is 14.7. The van der Waals surface area contributed by atoms with Crippen molar-refractivity contribution in [2.24, 2.45) is 0 Å². The average Bonchev–Trinajstić information content (AvgIpc) is 2.91. The summed E-state index contributed by atoms with van der Waals surface area (Å²) in [5.74, 6) is -0.197. The van der Waals surface area contributed by atoms with E-state index in [1.165, 1.54) is 5.01 Å². The van der Waals surface area contributed by atoms with Gasteiger partial charge in [0.2, 0.25) is 0 Å². The highest BCUT2D eigenvalue weighted by atomic mass is 16.5. The Labute approximate surface area is 159 Å². The van der Waals surface area contributed by atoms with Crippen molar-refractivity contribution in [2.75, 3.05) is 24.0 Å². The van der Waals surface area contributed by atoms with Crippen molar-refractivity contribution >= 4 is 29.3 Å². The molecular weight excluding hydrogens is 342 g/mol. The summed E-state index contributed by atoms with van der Waals surface area (Å²) in [5.41, 5.74) is 4.95. The van der Waals surface area contributed by atoms with E-state index in [0.717, 1.165) is 5.69 Å². The summed E-state index contributed by atoms with van der Waals surface area (Å²) >= 11 is 0. The summed E-state index contributed by atoms with van der Waals surface area (Å²) in [6.45, 7) is 3.87. The normalized spacial score (nSPS) is 15.4. The quantitative estimate of drug-likeness (QED) is 0.654. The van der Waals surface area contributed by atoms with Crippen molar-refractivity contribution in [1.29, 1.82) is 0 Å². The zero-order chi connectivity index (χ0) is 19.6. The highest BCUT2D eigenvalue weighted by molar-refractivity contribution is 6.31. The third kappa shape index (κ3) is 3.95. The van der Waals surface area contributed by atoms with Gasteiger partial charge in [-0.3, -0.25) is 15.0 Å². The molecule has 1 saturated heterocycles. The third-order valence-corrected chi connectivity index (χ3v) is 4.08. The molecule has 1 aliphatic rings. The van der Waals surface area contributed by atoms with Crippen LogP contribution in [0.3, 0.4) is 0 Å². The first kappa shape index (κ1) is 18.5. The van der Waals surface area contributed by atoms with E-state index in [1.54, 1.807) is 18.2 Å². The standard InChI is InChI=1S/C21H23N3O3/c1-14(2)27-19-13-17(23(3)4)11-10-15(19)12-18-20(25)22-24(21(18)26)16-8-6-5-7-9-16/h5-14H,1-4H3,(H,22,25). The maximum Gasteiger partial charge on any atom is 0.282 e. The van der Waals surface area contributed by atoms with Gasteiger partial charge in [-0.25, -0.2) is 5.01 Å². The van der Waals surface area contributed by atoms with Gasteiger partial charge >= 0.3 is 0 Å². The van der Waals surface area contributed by atoms with Gasteiger partial charge in [0.05, 0.1) is 11.8 Å². The number of carbonyl (C=O) groups excluding carboxylic acids is 2. The minimum absolute atomic E-state index is 0.0338. The van der Waals surface area contributed by atoms with Gasteiger partial charge < -0.3 is 9.64 Å². The predicted octanol–water partition coefficient (Wildman–Crippen LogP) is 3.00. The largest absolute Gasteiger partial charge is 0.490 e. The number of anilines is 2. The molecule has 1 N–H and O–H groups in total. The summed E-state index contributed by atoms with van der Waals surface area (Å²) in [7, 11) is 3.89. The zero-order valence-electron chi connectivity index (χ0n) is 15.9. The SMILES string of the molecule is CC(C)Oc1cc(N(C)C)ccc1C=C1C(=O)NN(c2ccccc2)C1=O. The van der Waals surface area contributed by atoms with Crippen LogP contribution in [0.2, 0.25) is 0 Å². The van der Waals surface area contributed by atoms with Crippen molar-refractivity contribution in [1.82, 2.24) is 5.43 Å². The Hall–Kier alpha value is -3.28. The van der Waals surface area contributed by atoms with Crippen LogP contribution in [0.1, 0.15) is 19.4 Å². The number of rotatable bonds is 5. The van der Waals surface area contributed by atoms with E-state index in [1.807, 2.05) is 69.2 Å². The van der Waals surface area contributed by atoms with Gasteiger partial charge in [-0.1, -0.05) is 18.2 Å². The predicted molar refractivity (Wildman–Crippen MR) is 107 cm³/mol. The summed E-state index contributed by atoms with van der Waals surface area (Å²) in [6.07, 6.45) is 1.55. The van der Waals surface area contributed by atoms with Gasteiger partial charge in [-0.15, -0.1) is 0 Å². The Kier molecular flexibility index (Phi) is 5.16. The first-order chi connectivity index (χ1) is 12.9. The lowest BCUT2D eigenvalue weighted by molar-refractivity contribution is -0.117. The molecule has 2 aromatic rings. The molecule has 140 valence electrons. The van der Waals surface area contributed by atoms with E-state index >= 15 is 0 Å². The van der Waals surface area contributed by atoms with E-state index in [-0.39, 0.29) is 11.7 Å². The van der Waals surface area contributed by atoms with Crippen LogP contribution in [-0.2, 0) is 9.59 Å². The molecule has 6 heteroatoms. The van der Waals surface area contributed by atoms with Crippen LogP contribution in [-0.4, -0.2) is 32.0 Å². The van der Waals surface area contributed by atoms with Crippen LogP contribution in [0.15, 0.2) is 54.1 Å². The lowest BCUT2D eigenvalue weighted by atomic mass is 10.1. The summed E-state index contributed by atoms with van der Waals surface area (Å²) < 4.78 is 5.90. The molecule has 2 amide bonds. The van der Waals surface area contributed by atoms with E-state index < -0.39 is 11.8 Å². The highest BCUT2D eigenvalue weighted by Crippen LogP contribution is 2.29. The fourth-order valence-corrected chi connectivity index (χ4v) is 2.75. The second-order valence-corrected chi connectivity index (χ2v) is 6.76. The molecule has 0 radical (unpaired) electrons. The number of hydrogen-bond acceptors (Lipinski definition) is 4. The monoisotopic (exact) mass is 365 g/mol. The van der Waals surface area contributed by atoms with Gasteiger partial charge in [0.15, 0.2) is 0 Å². The number of benzene rings is 2. The molecule has 0 atom stereocenters. The Morgan fingerprint density at radius 2 is 1.78 bits per heavy atom. The van der Waals surface area contributed by atoms with Crippen molar-refractivity contribution in [2.45, 2.75) is 20.0 Å². The number of nitrogens with zero attached hydrogens (tertiary/aromatic N) is 2. The van der Waals surface area contributed by atoms with Gasteiger partial charge in [-0.05, 0) is 44.2 Å². The zero-order valence-corrected chi connectivity index (χ0v) is 15.9.